The van der Waals surface area contributed by atoms with Crippen molar-refractivity contribution in [1.82, 2.24) is 20.2 Å². The van der Waals surface area contributed by atoms with Crippen LogP contribution in [0.4, 0.5) is 4.79 Å². The summed E-state index contributed by atoms with van der Waals surface area (Å²) in [5.74, 6) is 3.25. The lowest BCUT2D eigenvalue weighted by Crippen LogP contribution is -2.51. The molecule has 0 spiro atoms. The van der Waals surface area contributed by atoms with E-state index < -0.39 is 0 Å². The van der Waals surface area contributed by atoms with Gasteiger partial charge < -0.3 is 14.8 Å². The zero-order valence-corrected chi connectivity index (χ0v) is 17.5. The van der Waals surface area contributed by atoms with E-state index in [1.807, 2.05) is 24.3 Å². The fraction of sp³-hybridized carbons (Fsp3) is 0.550. The molecule has 0 radical (unpaired) electrons. The fourth-order valence-corrected chi connectivity index (χ4v) is 4.70. The first kappa shape index (κ1) is 19.9. The molecule has 2 amide bonds. The third-order valence-electron chi connectivity index (χ3n) is 5.38. The van der Waals surface area contributed by atoms with Crippen LogP contribution in [0, 0.1) is 5.92 Å². The van der Waals surface area contributed by atoms with Crippen molar-refractivity contribution in [3.05, 3.63) is 30.1 Å². The van der Waals surface area contributed by atoms with E-state index in [0.29, 0.717) is 34.9 Å². The fourth-order valence-electron chi connectivity index (χ4n) is 3.83. The molecular formula is C20H27N5O3S. The number of hydrogen-bond acceptors (Lipinski definition) is 6. The zero-order valence-electron chi connectivity index (χ0n) is 16.7. The number of methoxy groups -OCH3 is 1. The molecule has 1 aromatic heterocycles. The molecule has 1 saturated carbocycles. The highest BCUT2D eigenvalue weighted by molar-refractivity contribution is 7.99. The third kappa shape index (κ3) is 4.60. The number of rotatable bonds is 6. The molecule has 1 aliphatic carbocycles. The van der Waals surface area contributed by atoms with Gasteiger partial charge in [0.1, 0.15) is 6.61 Å². The molecule has 156 valence electrons. The molecule has 8 nitrogen and oxygen atoms in total. The smallest absolute Gasteiger partial charge is 0.336 e. The Bertz CT molecular complexity index is 837. The number of thioether (sulfide) groups is 1. The molecule has 1 aliphatic heterocycles. The normalized spacial score (nSPS) is 16.9. The molecule has 9 heteroatoms. The topological polar surface area (TPSA) is 81.5 Å². The number of amides is 2. The molecule has 2 heterocycles. The second-order valence-electron chi connectivity index (χ2n) is 7.31. The first-order valence-electron chi connectivity index (χ1n) is 10.1. The molecule has 1 fully saturated rings. The van der Waals surface area contributed by atoms with Gasteiger partial charge in [-0.3, -0.25) is 0 Å². The Morgan fingerprint density at radius 2 is 2.00 bits per heavy atom. The van der Waals surface area contributed by atoms with E-state index in [-0.39, 0.29) is 12.6 Å². The van der Waals surface area contributed by atoms with Gasteiger partial charge in [-0.1, -0.05) is 43.2 Å². The Morgan fingerprint density at radius 3 is 2.79 bits per heavy atom. The van der Waals surface area contributed by atoms with Crippen LogP contribution in [0.5, 0.6) is 11.5 Å². The van der Waals surface area contributed by atoms with Crippen LogP contribution >= 0.6 is 11.8 Å². The van der Waals surface area contributed by atoms with Gasteiger partial charge >= 0.3 is 6.03 Å². The van der Waals surface area contributed by atoms with Gasteiger partial charge in [-0.25, -0.2) is 14.5 Å². The molecule has 0 unspecified atom stereocenters. The number of ether oxygens (including phenoxy) is 2. The largest absolute Gasteiger partial charge is 0.493 e. The quantitative estimate of drug-likeness (QED) is 0.777. The van der Waals surface area contributed by atoms with Gasteiger partial charge in [0.25, 0.3) is 0 Å². The number of para-hydroxylation sites is 2. The van der Waals surface area contributed by atoms with Gasteiger partial charge in [0, 0.05) is 12.3 Å². The molecule has 0 atom stereocenters. The summed E-state index contributed by atoms with van der Waals surface area (Å²) in [6, 6.07) is 7.36. The zero-order chi connectivity index (χ0) is 20.1. The molecule has 0 bridgehead atoms. The van der Waals surface area contributed by atoms with Crippen molar-refractivity contribution >= 4 is 17.8 Å². The Hall–Kier alpha value is -2.42. The number of nitrogens with one attached hydrogen (secondary N) is 1. The minimum Gasteiger partial charge on any atom is -0.493 e. The summed E-state index contributed by atoms with van der Waals surface area (Å²) in [6.07, 6.45) is 6.24. The molecule has 2 aliphatic rings. The highest BCUT2D eigenvalue weighted by Gasteiger charge is 2.28. The van der Waals surface area contributed by atoms with Crippen LogP contribution in [0.2, 0.25) is 0 Å². The Morgan fingerprint density at radius 1 is 1.21 bits per heavy atom. The minimum absolute atomic E-state index is 0.101. The number of carbonyl (C=O) groups is 1. The molecule has 1 N–H and O–H groups in total. The van der Waals surface area contributed by atoms with E-state index in [2.05, 4.69) is 15.5 Å². The van der Waals surface area contributed by atoms with E-state index in [0.717, 1.165) is 12.3 Å². The number of nitrogens with zero attached hydrogens (tertiary/aromatic N) is 4. The number of benzene rings is 1. The molecule has 4 rings (SSSR count). The standard InChI is InChI=1S/C20H27N5O3S/c1-27-16-9-5-6-10-17(16)28-14-18-22-23-20-25(18)24(11-12-29-20)19(26)21-13-15-7-3-2-4-8-15/h5-6,9-10,15H,2-4,7-8,11-14H2,1H3,(H,21,26). The van der Waals surface area contributed by atoms with Crippen LogP contribution in [0.25, 0.3) is 0 Å². The van der Waals surface area contributed by atoms with E-state index in [4.69, 9.17) is 9.47 Å². The summed E-state index contributed by atoms with van der Waals surface area (Å²) in [4.78, 5) is 12.9. The highest BCUT2D eigenvalue weighted by atomic mass is 32.2. The maximum atomic E-state index is 12.9. The van der Waals surface area contributed by atoms with Gasteiger partial charge in [0.15, 0.2) is 17.3 Å². The van der Waals surface area contributed by atoms with Gasteiger partial charge in [-0.05, 0) is 30.9 Å². The Balaban J connectivity index is 1.43. The van der Waals surface area contributed by atoms with Gasteiger partial charge in [0.2, 0.25) is 5.16 Å². The Labute approximate surface area is 174 Å². The number of aromatic nitrogens is 3. The first-order valence-corrected chi connectivity index (χ1v) is 11.1. The summed E-state index contributed by atoms with van der Waals surface area (Å²) in [5, 5.41) is 14.0. The molecular weight excluding hydrogens is 390 g/mol. The highest BCUT2D eigenvalue weighted by Crippen LogP contribution is 2.28. The molecule has 29 heavy (non-hydrogen) atoms. The van der Waals surface area contributed by atoms with Crippen molar-refractivity contribution in [2.75, 3.05) is 31.0 Å². The summed E-state index contributed by atoms with van der Waals surface area (Å²) in [7, 11) is 1.61. The predicted octanol–water partition coefficient (Wildman–Crippen LogP) is 3.20. The third-order valence-corrected chi connectivity index (χ3v) is 6.28. The minimum atomic E-state index is -0.101. The van der Waals surface area contributed by atoms with Crippen molar-refractivity contribution in [2.24, 2.45) is 5.92 Å². The van der Waals surface area contributed by atoms with Crippen LogP contribution in [0.1, 0.15) is 37.9 Å². The second kappa shape index (κ2) is 9.39. The second-order valence-corrected chi connectivity index (χ2v) is 8.37. The van der Waals surface area contributed by atoms with E-state index in [1.165, 1.54) is 32.1 Å². The summed E-state index contributed by atoms with van der Waals surface area (Å²) in [6.45, 7) is 1.53. The van der Waals surface area contributed by atoms with Crippen LogP contribution in [-0.2, 0) is 6.61 Å². The van der Waals surface area contributed by atoms with E-state index in [1.54, 1.807) is 28.6 Å². The van der Waals surface area contributed by atoms with Crippen molar-refractivity contribution in [3.63, 3.8) is 0 Å². The lowest BCUT2D eigenvalue weighted by Gasteiger charge is -2.30. The van der Waals surface area contributed by atoms with Crippen molar-refractivity contribution in [3.8, 4) is 11.5 Å². The summed E-state index contributed by atoms with van der Waals surface area (Å²) >= 11 is 1.59. The van der Waals surface area contributed by atoms with Crippen molar-refractivity contribution in [2.45, 2.75) is 43.9 Å². The summed E-state index contributed by atoms with van der Waals surface area (Å²) < 4.78 is 13.0. The van der Waals surface area contributed by atoms with E-state index in [9.17, 15) is 4.79 Å². The maximum Gasteiger partial charge on any atom is 0.336 e. The van der Waals surface area contributed by atoms with Crippen molar-refractivity contribution < 1.29 is 14.3 Å². The van der Waals surface area contributed by atoms with Gasteiger partial charge in [-0.2, -0.15) is 0 Å². The summed E-state index contributed by atoms with van der Waals surface area (Å²) in [5.41, 5.74) is 0. The van der Waals surface area contributed by atoms with Gasteiger partial charge in [-0.15, -0.1) is 10.2 Å². The first-order chi connectivity index (χ1) is 14.3. The van der Waals surface area contributed by atoms with Crippen LogP contribution < -0.4 is 19.8 Å². The van der Waals surface area contributed by atoms with Crippen LogP contribution in [0.15, 0.2) is 29.4 Å². The van der Waals surface area contributed by atoms with Crippen LogP contribution in [0.3, 0.4) is 0 Å². The number of urea groups is 1. The monoisotopic (exact) mass is 417 g/mol. The van der Waals surface area contributed by atoms with Gasteiger partial charge in [0.05, 0.1) is 13.7 Å². The number of hydrogen-bond donors (Lipinski definition) is 1. The average Bonchev–Trinajstić information content (AvgIpc) is 3.20. The molecule has 2 aromatic rings. The lowest BCUT2D eigenvalue weighted by molar-refractivity contribution is 0.232. The van der Waals surface area contributed by atoms with E-state index >= 15 is 0 Å². The number of fused-ring (bicyclic) bond motifs is 1. The SMILES string of the molecule is COc1ccccc1OCc1nnc2n1N(C(=O)NCC1CCCCC1)CCS2. The van der Waals surface area contributed by atoms with Crippen LogP contribution in [-0.4, -0.2) is 46.9 Å². The Kier molecular flexibility index (Phi) is 6.43. The maximum absolute atomic E-state index is 12.9. The van der Waals surface area contributed by atoms with Crippen molar-refractivity contribution in [1.29, 1.82) is 0 Å². The molecule has 1 aromatic carbocycles. The predicted molar refractivity (Wildman–Crippen MR) is 111 cm³/mol. The number of carbonyl (C=O) groups excluding carboxylic acids is 1. The molecule has 0 saturated heterocycles. The lowest BCUT2D eigenvalue weighted by atomic mass is 9.89. The average molecular weight is 418 g/mol.